The fourth-order valence-corrected chi connectivity index (χ4v) is 3.67. The molecule has 1 amide bonds. The van der Waals surface area contributed by atoms with Crippen LogP contribution in [-0.2, 0) is 16.0 Å². The van der Waals surface area contributed by atoms with Gasteiger partial charge in [0.1, 0.15) is 5.60 Å². The summed E-state index contributed by atoms with van der Waals surface area (Å²) in [4.78, 5) is 38.3. The molecule has 0 aliphatic carbocycles. The summed E-state index contributed by atoms with van der Waals surface area (Å²) in [7, 11) is 1.29. The highest BCUT2D eigenvalue weighted by atomic mass is 16.6. The number of rotatable bonds is 1. The summed E-state index contributed by atoms with van der Waals surface area (Å²) in [6.45, 7) is 7.13. The van der Waals surface area contributed by atoms with Crippen LogP contribution in [-0.4, -0.2) is 47.3 Å². The largest absolute Gasteiger partial charge is 0.465 e. The van der Waals surface area contributed by atoms with E-state index in [0.29, 0.717) is 19.6 Å². The van der Waals surface area contributed by atoms with Crippen LogP contribution in [0.3, 0.4) is 0 Å². The Balaban J connectivity index is 1.89. The Morgan fingerprint density at radius 2 is 1.88 bits per heavy atom. The molecule has 0 unspecified atom stereocenters. The standard InChI is InChI=1S/C18H24N2O5/c1-18(2,3)25-17(23)19-8-11-5-13(10-19)14-6-12(16(22)24-4)7-15(21)20(14)9-11/h6-7,11,13H,5,8-10H2,1-4H3/t11-,13+/m0/s1. The van der Waals surface area contributed by atoms with Gasteiger partial charge in [-0.05, 0) is 39.2 Å². The van der Waals surface area contributed by atoms with Crippen LogP contribution in [0.2, 0.25) is 0 Å². The molecule has 7 nitrogen and oxygen atoms in total. The molecule has 0 radical (unpaired) electrons. The van der Waals surface area contributed by atoms with Crippen molar-refractivity contribution in [1.82, 2.24) is 9.47 Å². The molecule has 2 bridgehead atoms. The maximum Gasteiger partial charge on any atom is 0.410 e. The van der Waals surface area contributed by atoms with Gasteiger partial charge in [-0.2, -0.15) is 0 Å². The number of aromatic nitrogens is 1. The first kappa shape index (κ1) is 17.5. The molecule has 1 aromatic heterocycles. The van der Waals surface area contributed by atoms with Crippen LogP contribution >= 0.6 is 0 Å². The smallest absolute Gasteiger partial charge is 0.410 e. The monoisotopic (exact) mass is 348 g/mol. The fraction of sp³-hybridized carbons (Fsp3) is 0.611. The third-order valence-electron chi connectivity index (χ3n) is 4.63. The molecule has 1 aromatic rings. The number of piperidine rings is 1. The molecule has 3 rings (SSSR count). The Bertz CT molecular complexity index is 762. The molecule has 3 heterocycles. The van der Waals surface area contributed by atoms with E-state index in [1.54, 1.807) is 15.5 Å². The Kier molecular flexibility index (Phi) is 4.34. The second-order valence-electron chi connectivity index (χ2n) is 7.79. The van der Waals surface area contributed by atoms with Crippen LogP contribution in [0.5, 0.6) is 0 Å². The topological polar surface area (TPSA) is 77.8 Å². The van der Waals surface area contributed by atoms with Crippen LogP contribution in [0.4, 0.5) is 4.79 Å². The lowest BCUT2D eigenvalue weighted by Crippen LogP contribution is -2.50. The van der Waals surface area contributed by atoms with E-state index in [9.17, 15) is 14.4 Å². The van der Waals surface area contributed by atoms with Crippen molar-refractivity contribution in [3.63, 3.8) is 0 Å². The van der Waals surface area contributed by atoms with E-state index in [1.165, 1.54) is 13.2 Å². The van der Waals surface area contributed by atoms with Gasteiger partial charge in [0, 0.05) is 37.3 Å². The number of nitrogens with zero attached hydrogens (tertiary/aromatic N) is 2. The third kappa shape index (κ3) is 3.55. The molecule has 0 spiro atoms. The molecule has 1 saturated heterocycles. The number of hydrogen-bond acceptors (Lipinski definition) is 5. The van der Waals surface area contributed by atoms with Gasteiger partial charge in [-0.3, -0.25) is 4.79 Å². The summed E-state index contributed by atoms with van der Waals surface area (Å²) in [5.41, 5.74) is 0.304. The minimum Gasteiger partial charge on any atom is -0.465 e. The van der Waals surface area contributed by atoms with Gasteiger partial charge in [-0.15, -0.1) is 0 Å². The normalized spacial score (nSPS) is 22.2. The SMILES string of the molecule is COC(=O)c1cc2n(c(=O)c1)C[C@H]1C[C@@H]2CN(C(=O)OC(C)(C)C)C1. The van der Waals surface area contributed by atoms with E-state index >= 15 is 0 Å². The van der Waals surface area contributed by atoms with Gasteiger partial charge in [0.05, 0.1) is 12.7 Å². The van der Waals surface area contributed by atoms with E-state index in [2.05, 4.69) is 0 Å². The summed E-state index contributed by atoms with van der Waals surface area (Å²) in [5, 5.41) is 0. The van der Waals surface area contributed by atoms with Crippen LogP contribution in [0.25, 0.3) is 0 Å². The predicted octanol–water partition coefficient (Wildman–Crippen LogP) is 1.99. The Morgan fingerprint density at radius 3 is 2.52 bits per heavy atom. The van der Waals surface area contributed by atoms with E-state index in [0.717, 1.165) is 12.1 Å². The van der Waals surface area contributed by atoms with Gasteiger partial charge >= 0.3 is 12.1 Å². The second kappa shape index (κ2) is 6.20. The number of fused-ring (bicyclic) bond motifs is 4. The minimum atomic E-state index is -0.545. The van der Waals surface area contributed by atoms with Crippen molar-refractivity contribution in [2.45, 2.75) is 45.3 Å². The third-order valence-corrected chi connectivity index (χ3v) is 4.63. The zero-order valence-corrected chi connectivity index (χ0v) is 15.1. The molecule has 2 aliphatic rings. The molecule has 25 heavy (non-hydrogen) atoms. The number of esters is 1. The minimum absolute atomic E-state index is 0.0114. The Morgan fingerprint density at radius 1 is 1.16 bits per heavy atom. The summed E-state index contributed by atoms with van der Waals surface area (Å²) in [6, 6.07) is 3.04. The zero-order valence-electron chi connectivity index (χ0n) is 15.1. The summed E-state index contributed by atoms with van der Waals surface area (Å²) >= 11 is 0. The summed E-state index contributed by atoms with van der Waals surface area (Å²) in [6.07, 6.45) is 0.561. The van der Waals surface area contributed by atoms with Crippen LogP contribution in [0.15, 0.2) is 16.9 Å². The van der Waals surface area contributed by atoms with Gasteiger partial charge in [0.15, 0.2) is 0 Å². The number of carbonyl (C=O) groups excluding carboxylic acids is 2. The lowest BCUT2D eigenvalue weighted by Gasteiger charge is -2.42. The number of pyridine rings is 1. The molecule has 0 saturated carbocycles. The van der Waals surface area contributed by atoms with Gasteiger partial charge in [0.25, 0.3) is 5.56 Å². The summed E-state index contributed by atoms with van der Waals surface area (Å²) < 4.78 is 11.9. The first-order chi connectivity index (χ1) is 11.7. The van der Waals surface area contributed by atoms with Gasteiger partial charge in [-0.1, -0.05) is 0 Å². The Hall–Kier alpha value is -2.31. The summed E-state index contributed by atoms with van der Waals surface area (Å²) in [5.74, 6) is -0.305. The second-order valence-corrected chi connectivity index (χ2v) is 7.79. The molecule has 136 valence electrons. The van der Waals surface area contributed by atoms with Crippen molar-refractivity contribution >= 4 is 12.1 Å². The predicted molar refractivity (Wildman–Crippen MR) is 90.7 cm³/mol. The highest BCUT2D eigenvalue weighted by Gasteiger charge is 2.38. The van der Waals surface area contributed by atoms with Gasteiger partial charge in [-0.25, -0.2) is 9.59 Å². The fourth-order valence-electron chi connectivity index (χ4n) is 3.67. The quantitative estimate of drug-likeness (QED) is 0.725. The van der Waals surface area contributed by atoms with Crippen LogP contribution in [0.1, 0.15) is 49.2 Å². The van der Waals surface area contributed by atoms with E-state index in [1.807, 2.05) is 20.8 Å². The van der Waals surface area contributed by atoms with Gasteiger partial charge < -0.3 is 18.9 Å². The molecule has 0 aromatic carbocycles. The molecule has 2 aliphatic heterocycles. The van der Waals surface area contributed by atoms with Crippen molar-refractivity contribution in [3.05, 3.63) is 33.7 Å². The average Bonchev–Trinajstić information content (AvgIpc) is 2.53. The number of ether oxygens (including phenoxy) is 2. The number of carbonyl (C=O) groups is 2. The molecule has 0 N–H and O–H groups in total. The zero-order chi connectivity index (χ0) is 18.4. The number of amides is 1. The first-order valence-electron chi connectivity index (χ1n) is 8.49. The van der Waals surface area contributed by atoms with Crippen LogP contribution < -0.4 is 5.56 Å². The first-order valence-corrected chi connectivity index (χ1v) is 8.49. The Labute approximate surface area is 146 Å². The van der Waals surface area contributed by atoms with Crippen molar-refractivity contribution in [3.8, 4) is 0 Å². The van der Waals surface area contributed by atoms with Crippen molar-refractivity contribution < 1.29 is 19.1 Å². The highest BCUT2D eigenvalue weighted by Crippen LogP contribution is 2.36. The molecular formula is C18H24N2O5. The van der Waals surface area contributed by atoms with Crippen molar-refractivity contribution in [2.75, 3.05) is 20.2 Å². The lowest BCUT2D eigenvalue weighted by molar-refractivity contribution is 0.0101. The van der Waals surface area contributed by atoms with Crippen molar-refractivity contribution in [2.24, 2.45) is 5.92 Å². The maximum atomic E-state index is 12.4. The van der Waals surface area contributed by atoms with Crippen LogP contribution in [0, 0.1) is 5.92 Å². The number of hydrogen-bond donors (Lipinski definition) is 0. The molecule has 1 fully saturated rings. The highest BCUT2D eigenvalue weighted by molar-refractivity contribution is 5.89. The lowest BCUT2D eigenvalue weighted by atomic mass is 9.83. The van der Waals surface area contributed by atoms with E-state index < -0.39 is 11.6 Å². The van der Waals surface area contributed by atoms with E-state index in [-0.39, 0.29) is 29.1 Å². The number of methoxy groups -OCH3 is 1. The maximum absolute atomic E-state index is 12.4. The molecule has 7 heteroatoms. The molecular weight excluding hydrogens is 324 g/mol. The molecule has 2 atom stereocenters. The average molecular weight is 348 g/mol. The van der Waals surface area contributed by atoms with Crippen molar-refractivity contribution in [1.29, 1.82) is 0 Å². The van der Waals surface area contributed by atoms with E-state index in [4.69, 9.17) is 9.47 Å². The van der Waals surface area contributed by atoms with Gasteiger partial charge in [0.2, 0.25) is 0 Å². The number of likely N-dealkylation sites (tertiary alicyclic amines) is 1.